The van der Waals surface area contributed by atoms with Crippen molar-refractivity contribution in [3.05, 3.63) is 11.4 Å². The van der Waals surface area contributed by atoms with E-state index >= 15 is 0 Å². The Balaban J connectivity index is 2.18. The number of rotatable bonds is 7. The zero-order chi connectivity index (χ0) is 14.0. The first-order valence-electron chi connectivity index (χ1n) is 6.65. The average molecular weight is 287 g/mol. The van der Waals surface area contributed by atoms with Crippen molar-refractivity contribution in [2.24, 2.45) is 5.92 Å². The van der Waals surface area contributed by atoms with E-state index in [9.17, 15) is 8.42 Å². The first-order chi connectivity index (χ1) is 8.97. The van der Waals surface area contributed by atoms with E-state index in [0.29, 0.717) is 11.6 Å². The van der Waals surface area contributed by atoms with Gasteiger partial charge in [-0.15, -0.1) is 0 Å². The number of hydrogen-bond donors (Lipinski definition) is 3. The minimum atomic E-state index is -3.62. The molecule has 2 rings (SSSR count). The summed E-state index contributed by atoms with van der Waals surface area (Å²) in [6.07, 6.45) is 4.05. The Bertz CT molecular complexity index is 534. The number of aromatic nitrogens is 2. The maximum Gasteiger partial charge on any atom is 0.244 e. The van der Waals surface area contributed by atoms with E-state index in [0.717, 1.165) is 12.8 Å². The van der Waals surface area contributed by atoms with Crippen LogP contribution in [0.1, 0.15) is 44.0 Å². The summed E-state index contributed by atoms with van der Waals surface area (Å²) >= 11 is 0. The molecule has 1 saturated carbocycles. The van der Waals surface area contributed by atoms with E-state index in [1.165, 1.54) is 12.8 Å². The van der Waals surface area contributed by atoms with Crippen molar-refractivity contribution in [2.45, 2.75) is 57.1 Å². The number of sulfonamides is 1. The Hall–Kier alpha value is -0.920. The SMILES string of the molecule is CCC(CC1CC1)NS(=O)(=O)c1c(CO)n[nH]c1C. The van der Waals surface area contributed by atoms with Gasteiger partial charge in [-0.25, -0.2) is 13.1 Å². The molecule has 1 aliphatic carbocycles. The van der Waals surface area contributed by atoms with Crippen LogP contribution >= 0.6 is 0 Å². The molecule has 0 aliphatic heterocycles. The van der Waals surface area contributed by atoms with Crippen molar-refractivity contribution < 1.29 is 13.5 Å². The molecule has 0 amide bonds. The highest BCUT2D eigenvalue weighted by Crippen LogP contribution is 2.34. The maximum atomic E-state index is 12.4. The van der Waals surface area contributed by atoms with Crippen molar-refractivity contribution in [3.8, 4) is 0 Å². The Labute approximate surface area is 113 Å². The molecule has 1 atom stereocenters. The van der Waals surface area contributed by atoms with Gasteiger partial charge in [0.05, 0.1) is 12.3 Å². The molecule has 1 fully saturated rings. The Morgan fingerprint density at radius 3 is 2.74 bits per heavy atom. The molecule has 6 nitrogen and oxygen atoms in total. The lowest BCUT2D eigenvalue weighted by molar-refractivity contribution is 0.273. The van der Waals surface area contributed by atoms with Gasteiger partial charge in [0.1, 0.15) is 10.6 Å². The fraction of sp³-hybridized carbons (Fsp3) is 0.750. The average Bonchev–Trinajstić information content (AvgIpc) is 3.08. The molecule has 19 heavy (non-hydrogen) atoms. The van der Waals surface area contributed by atoms with Crippen LogP contribution in [0, 0.1) is 12.8 Å². The van der Waals surface area contributed by atoms with E-state index < -0.39 is 10.0 Å². The second-order valence-corrected chi connectivity index (χ2v) is 6.84. The van der Waals surface area contributed by atoms with Gasteiger partial charge in [0.15, 0.2) is 0 Å². The Kier molecular flexibility index (Phi) is 4.27. The molecule has 1 heterocycles. The fourth-order valence-electron chi connectivity index (χ4n) is 2.27. The van der Waals surface area contributed by atoms with Crippen LogP contribution in [0.4, 0.5) is 0 Å². The van der Waals surface area contributed by atoms with Gasteiger partial charge in [-0.2, -0.15) is 5.10 Å². The van der Waals surface area contributed by atoms with Gasteiger partial charge in [-0.3, -0.25) is 5.10 Å². The molecule has 7 heteroatoms. The van der Waals surface area contributed by atoms with E-state index in [1.807, 2.05) is 6.92 Å². The molecule has 1 aliphatic rings. The molecule has 0 saturated heterocycles. The third-order valence-corrected chi connectivity index (χ3v) is 5.23. The van der Waals surface area contributed by atoms with Crippen molar-refractivity contribution >= 4 is 10.0 Å². The number of aromatic amines is 1. The van der Waals surface area contributed by atoms with Gasteiger partial charge < -0.3 is 5.11 Å². The normalized spacial score (nSPS) is 17.6. The van der Waals surface area contributed by atoms with Gasteiger partial charge in [0.2, 0.25) is 10.0 Å². The summed E-state index contributed by atoms with van der Waals surface area (Å²) in [5.41, 5.74) is 0.629. The quantitative estimate of drug-likeness (QED) is 0.699. The van der Waals surface area contributed by atoms with Gasteiger partial charge >= 0.3 is 0 Å². The third-order valence-electron chi connectivity index (χ3n) is 3.51. The van der Waals surface area contributed by atoms with Gasteiger partial charge in [0.25, 0.3) is 0 Å². The summed E-state index contributed by atoms with van der Waals surface area (Å²) in [5.74, 6) is 0.662. The van der Waals surface area contributed by atoms with E-state index in [1.54, 1.807) is 6.92 Å². The second kappa shape index (κ2) is 5.60. The molecular weight excluding hydrogens is 266 g/mol. The van der Waals surface area contributed by atoms with Crippen LogP contribution in [0.5, 0.6) is 0 Å². The van der Waals surface area contributed by atoms with E-state index in [2.05, 4.69) is 14.9 Å². The van der Waals surface area contributed by atoms with Crippen LogP contribution in [0.2, 0.25) is 0 Å². The zero-order valence-electron chi connectivity index (χ0n) is 11.3. The summed E-state index contributed by atoms with van der Waals surface area (Å²) < 4.78 is 27.5. The van der Waals surface area contributed by atoms with Gasteiger partial charge in [0, 0.05) is 6.04 Å². The molecule has 3 N–H and O–H groups in total. The summed E-state index contributed by atoms with van der Waals surface area (Å²) in [6, 6.07) is -0.0432. The molecule has 1 aromatic heterocycles. The first kappa shape index (κ1) is 14.5. The van der Waals surface area contributed by atoms with Gasteiger partial charge in [-0.05, 0) is 25.7 Å². The largest absolute Gasteiger partial charge is 0.390 e. The molecule has 108 valence electrons. The molecule has 0 aromatic carbocycles. The molecule has 1 aromatic rings. The summed E-state index contributed by atoms with van der Waals surface area (Å²) in [6.45, 7) is 3.23. The van der Waals surface area contributed by atoms with Crippen molar-refractivity contribution in [2.75, 3.05) is 0 Å². The summed E-state index contributed by atoms with van der Waals surface area (Å²) in [5, 5.41) is 15.6. The lowest BCUT2D eigenvalue weighted by Gasteiger charge is -2.17. The number of H-pyrrole nitrogens is 1. The predicted molar refractivity (Wildman–Crippen MR) is 71.0 cm³/mol. The number of nitrogens with one attached hydrogen (secondary N) is 2. The summed E-state index contributed by atoms with van der Waals surface area (Å²) in [4.78, 5) is 0.0873. The zero-order valence-corrected chi connectivity index (χ0v) is 12.1. The maximum absolute atomic E-state index is 12.4. The fourth-order valence-corrected chi connectivity index (χ4v) is 3.95. The van der Waals surface area contributed by atoms with Crippen LogP contribution in [0.25, 0.3) is 0 Å². The molecule has 0 radical (unpaired) electrons. The molecule has 0 spiro atoms. The molecule has 1 unspecified atom stereocenters. The van der Waals surface area contributed by atoms with Crippen LogP contribution in [0.3, 0.4) is 0 Å². The number of aryl methyl sites for hydroxylation is 1. The monoisotopic (exact) mass is 287 g/mol. The number of hydrogen-bond acceptors (Lipinski definition) is 4. The van der Waals surface area contributed by atoms with E-state index in [4.69, 9.17) is 5.11 Å². The third kappa shape index (κ3) is 3.34. The van der Waals surface area contributed by atoms with Crippen LogP contribution < -0.4 is 4.72 Å². The second-order valence-electron chi connectivity index (χ2n) is 5.19. The van der Waals surface area contributed by atoms with E-state index in [-0.39, 0.29) is 23.2 Å². The number of aliphatic hydroxyl groups is 1. The van der Waals surface area contributed by atoms with Crippen molar-refractivity contribution in [1.29, 1.82) is 0 Å². The summed E-state index contributed by atoms with van der Waals surface area (Å²) in [7, 11) is -3.62. The lowest BCUT2D eigenvalue weighted by atomic mass is 10.1. The highest BCUT2D eigenvalue weighted by atomic mass is 32.2. The van der Waals surface area contributed by atoms with Crippen LogP contribution in [-0.4, -0.2) is 29.8 Å². The topological polar surface area (TPSA) is 95.1 Å². The standard InChI is InChI=1S/C12H21N3O3S/c1-3-10(6-9-4-5-9)15-19(17,18)12-8(2)13-14-11(12)7-16/h9-10,15-16H,3-7H2,1-2H3,(H,13,14). The minimum Gasteiger partial charge on any atom is -0.390 e. The van der Waals surface area contributed by atoms with Crippen molar-refractivity contribution in [1.82, 2.24) is 14.9 Å². The van der Waals surface area contributed by atoms with Crippen molar-refractivity contribution in [3.63, 3.8) is 0 Å². The lowest BCUT2D eigenvalue weighted by Crippen LogP contribution is -2.35. The minimum absolute atomic E-state index is 0.0432. The number of nitrogens with zero attached hydrogens (tertiary/aromatic N) is 1. The molecular formula is C12H21N3O3S. The predicted octanol–water partition coefficient (Wildman–Crippen LogP) is 1.07. The first-order valence-corrected chi connectivity index (χ1v) is 8.13. The smallest absolute Gasteiger partial charge is 0.244 e. The van der Waals surface area contributed by atoms with Crippen LogP contribution in [-0.2, 0) is 16.6 Å². The number of aliphatic hydroxyl groups excluding tert-OH is 1. The van der Waals surface area contributed by atoms with Crippen LogP contribution in [0.15, 0.2) is 4.90 Å². The highest BCUT2D eigenvalue weighted by molar-refractivity contribution is 7.89. The molecule has 0 bridgehead atoms. The Morgan fingerprint density at radius 2 is 2.21 bits per heavy atom. The highest BCUT2D eigenvalue weighted by Gasteiger charge is 2.30. The van der Waals surface area contributed by atoms with Gasteiger partial charge in [-0.1, -0.05) is 19.8 Å². The Morgan fingerprint density at radius 1 is 1.53 bits per heavy atom.